The summed E-state index contributed by atoms with van der Waals surface area (Å²) in [6, 6.07) is 12.5. The molecule has 0 amide bonds. The van der Waals surface area contributed by atoms with Gasteiger partial charge in [0, 0.05) is 51.4 Å². The molecule has 1 saturated heterocycles. The van der Waals surface area contributed by atoms with Crippen LogP contribution >= 0.6 is 0 Å². The van der Waals surface area contributed by atoms with Gasteiger partial charge in [-0.2, -0.15) is 0 Å². The number of hydrogen-bond donors (Lipinski definition) is 2. The van der Waals surface area contributed by atoms with Crippen LogP contribution in [0, 0.1) is 0 Å². The summed E-state index contributed by atoms with van der Waals surface area (Å²) in [5.74, 6) is 0.940. The molecule has 5 nitrogen and oxygen atoms in total. The van der Waals surface area contributed by atoms with E-state index in [-0.39, 0.29) is 0 Å². The van der Waals surface area contributed by atoms with Crippen molar-refractivity contribution in [2.24, 2.45) is 4.99 Å². The summed E-state index contributed by atoms with van der Waals surface area (Å²) in [4.78, 5) is 9.47. The molecule has 1 aliphatic carbocycles. The first kappa shape index (κ1) is 19.2. The molecule has 144 valence electrons. The van der Waals surface area contributed by atoms with E-state index in [9.17, 15) is 0 Å². The molecule has 2 fully saturated rings. The number of nitrogens with zero attached hydrogens (tertiary/aromatic N) is 3. The van der Waals surface area contributed by atoms with Crippen LogP contribution in [-0.2, 0) is 6.54 Å². The van der Waals surface area contributed by atoms with E-state index in [0.29, 0.717) is 12.1 Å². The zero-order valence-corrected chi connectivity index (χ0v) is 16.6. The standard InChI is InChI=1S/C21H35N5/c1-17(25(3)16-18-7-5-4-6-8-18)15-23-21(22-2)24-19-11-13-26(14-12-19)20-9-10-20/h4-8,17,19-20H,9-16H2,1-3H3,(H2,22,23,24). The van der Waals surface area contributed by atoms with Crippen molar-refractivity contribution in [3.05, 3.63) is 35.9 Å². The zero-order valence-electron chi connectivity index (χ0n) is 16.6. The third-order valence-corrected chi connectivity index (χ3v) is 5.75. The van der Waals surface area contributed by atoms with Crippen LogP contribution in [0.25, 0.3) is 0 Å². The van der Waals surface area contributed by atoms with Crippen LogP contribution in [0.2, 0.25) is 0 Å². The van der Waals surface area contributed by atoms with Gasteiger partial charge in [-0.3, -0.25) is 9.89 Å². The average Bonchev–Trinajstić information content (AvgIpc) is 3.51. The predicted octanol–water partition coefficient (Wildman–Crippen LogP) is 2.30. The summed E-state index contributed by atoms with van der Waals surface area (Å²) in [6.07, 6.45) is 5.27. The van der Waals surface area contributed by atoms with Gasteiger partial charge in [-0.25, -0.2) is 0 Å². The number of nitrogens with one attached hydrogen (secondary N) is 2. The average molecular weight is 358 g/mol. The Morgan fingerprint density at radius 2 is 1.88 bits per heavy atom. The monoisotopic (exact) mass is 357 g/mol. The van der Waals surface area contributed by atoms with Crippen LogP contribution in [0.15, 0.2) is 35.3 Å². The molecule has 0 spiro atoms. The molecule has 1 aromatic carbocycles. The molecule has 1 aromatic rings. The second kappa shape index (κ2) is 9.38. The maximum Gasteiger partial charge on any atom is 0.191 e. The minimum absolute atomic E-state index is 0.436. The summed E-state index contributed by atoms with van der Waals surface area (Å²) in [5, 5.41) is 7.14. The number of likely N-dealkylation sites (tertiary alicyclic amines) is 1. The molecule has 5 heteroatoms. The quantitative estimate of drug-likeness (QED) is 0.580. The minimum Gasteiger partial charge on any atom is -0.355 e. The van der Waals surface area contributed by atoms with Crippen molar-refractivity contribution in [3.63, 3.8) is 0 Å². The maximum atomic E-state index is 4.43. The van der Waals surface area contributed by atoms with Gasteiger partial charge in [0.05, 0.1) is 0 Å². The fourth-order valence-electron chi connectivity index (χ4n) is 3.66. The summed E-state index contributed by atoms with van der Waals surface area (Å²) < 4.78 is 0. The molecular formula is C21H35N5. The SMILES string of the molecule is CN=C(NCC(C)N(C)Cc1ccccc1)NC1CCN(C2CC2)CC1. The van der Waals surface area contributed by atoms with Crippen molar-refractivity contribution >= 4 is 5.96 Å². The van der Waals surface area contributed by atoms with E-state index in [2.05, 4.69) is 69.7 Å². The summed E-state index contributed by atoms with van der Waals surface area (Å²) in [5.41, 5.74) is 1.35. The number of piperidine rings is 1. The first-order valence-electron chi connectivity index (χ1n) is 10.1. The number of aliphatic imine (C=N–C) groups is 1. The predicted molar refractivity (Wildman–Crippen MR) is 109 cm³/mol. The molecule has 1 saturated carbocycles. The smallest absolute Gasteiger partial charge is 0.191 e. The Balaban J connectivity index is 1.37. The lowest BCUT2D eigenvalue weighted by molar-refractivity contribution is 0.197. The molecule has 2 aliphatic rings. The first-order chi connectivity index (χ1) is 12.7. The van der Waals surface area contributed by atoms with E-state index in [0.717, 1.165) is 25.1 Å². The number of guanidine groups is 1. The summed E-state index contributed by atoms with van der Waals surface area (Å²) in [6.45, 7) is 6.59. The van der Waals surface area contributed by atoms with Crippen LogP contribution < -0.4 is 10.6 Å². The Labute approximate surface area is 158 Å². The van der Waals surface area contributed by atoms with Crippen molar-refractivity contribution < 1.29 is 0 Å². The van der Waals surface area contributed by atoms with E-state index in [4.69, 9.17) is 0 Å². The second-order valence-corrected chi connectivity index (χ2v) is 7.89. The maximum absolute atomic E-state index is 4.43. The molecule has 26 heavy (non-hydrogen) atoms. The van der Waals surface area contributed by atoms with E-state index in [1.54, 1.807) is 0 Å². The van der Waals surface area contributed by atoms with Crippen molar-refractivity contribution in [1.82, 2.24) is 20.4 Å². The molecule has 0 bridgehead atoms. The summed E-state index contributed by atoms with van der Waals surface area (Å²) >= 11 is 0. The van der Waals surface area contributed by atoms with Crippen LogP contribution in [0.5, 0.6) is 0 Å². The molecule has 1 heterocycles. The van der Waals surface area contributed by atoms with E-state index >= 15 is 0 Å². The Bertz CT molecular complexity index is 561. The van der Waals surface area contributed by atoms with Gasteiger partial charge in [0.25, 0.3) is 0 Å². The lowest BCUT2D eigenvalue weighted by Gasteiger charge is -2.33. The largest absolute Gasteiger partial charge is 0.355 e. The van der Waals surface area contributed by atoms with Gasteiger partial charge in [0.2, 0.25) is 0 Å². The highest BCUT2D eigenvalue weighted by Crippen LogP contribution is 2.29. The number of likely N-dealkylation sites (N-methyl/N-ethyl adjacent to an activating group) is 1. The highest BCUT2D eigenvalue weighted by atomic mass is 15.2. The number of hydrogen-bond acceptors (Lipinski definition) is 3. The van der Waals surface area contributed by atoms with Crippen LogP contribution in [0.1, 0.15) is 38.2 Å². The molecule has 0 aromatic heterocycles. The van der Waals surface area contributed by atoms with Gasteiger partial charge in [-0.1, -0.05) is 30.3 Å². The molecule has 1 atom stereocenters. The third kappa shape index (κ3) is 5.71. The highest BCUT2D eigenvalue weighted by Gasteiger charge is 2.31. The van der Waals surface area contributed by atoms with Crippen LogP contribution in [0.3, 0.4) is 0 Å². The van der Waals surface area contributed by atoms with Gasteiger partial charge in [-0.15, -0.1) is 0 Å². The summed E-state index contributed by atoms with van der Waals surface area (Å²) in [7, 11) is 4.05. The van der Waals surface area contributed by atoms with Crippen LogP contribution in [0.4, 0.5) is 0 Å². The fourth-order valence-corrected chi connectivity index (χ4v) is 3.66. The van der Waals surface area contributed by atoms with Gasteiger partial charge in [0.15, 0.2) is 5.96 Å². The van der Waals surface area contributed by atoms with Crippen molar-refractivity contribution in [1.29, 1.82) is 0 Å². The van der Waals surface area contributed by atoms with E-state index < -0.39 is 0 Å². The Morgan fingerprint density at radius 3 is 2.50 bits per heavy atom. The lowest BCUT2D eigenvalue weighted by atomic mass is 10.1. The Kier molecular flexibility index (Phi) is 6.92. The van der Waals surface area contributed by atoms with Gasteiger partial charge in [-0.05, 0) is 45.2 Å². The van der Waals surface area contributed by atoms with Gasteiger partial charge >= 0.3 is 0 Å². The molecule has 1 unspecified atom stereocenters. The lowest BCUT2D eigenvalue weighted by Crippen LogP contribution is -2.51. The minimum atomic E-state index is 0.436. The van der Waals surface area contributed by atoms with Gasteiger partial charge in [0.1, 0.15) is 0 Å². The molecular weight excluding hydrogens is 322 g/mol. The zero-order chi connectivity index (χ0) is 18.4. The topological polar surface area (TPSA) is 42.9 Å². The molecule has 3 rings (SSSR count). The Hall–Kier alpha value is -1.59. The Morgan fingerprint density at radius 1 is 1.19 bits per heavy atom. The number of benzene rings is 1. The van der Waals surface area contributed by atoms with Crippen molar-refractivity contribution in [3.8, 4) is 0 Å². The van der Waals surface area contributed by atoms with Crippen LogP contribution in [-0.4, -0.2) is 67.6 Å². The second-order valence-electron chi connectivity index (χ2n) is 7.89. The van der Waals surface area contributed by atoms with Gasteiger partial charge < -0.3 is 15.5 Å². The number of rotatable bonds is 7. The molecule has 2 N–H and O–H groups in total. The van der Waals surface area contributed by atoms with Crippen molar-refractivity contribution in [2.75, 3.05) is 33.7 Å². The molecule has 1 aliphatic heterocycles. The van der Waals surface area contributed by atoms with Crippen molar-refractivity contribution in [2.45, 2.75) is 57.3 Å². The first-order valence-corrected chi connectivity index (χ1v) is 10.1. The van der Waals surface area contributed by atoms with E-state index in [1.165, 1.54) is 44.3 Å². The third-order valence-electron chi connectivity index (χ3n) is 5.75. The van der Waals surface area contributed by atoms with E-state index in [1.807, 2.05) is 7.05 Å². The normalized spacial score (nSPS) is 21.0. The highest BCUT2D eigenvalue weighted by molar-refractivity contribution is 5.80. The fraction of sp³-hybridized carbons (Fsp3) is 0.667. The molecule has 0 radical (unpaired) electrons.